The van der Waals surface area contributed by atoms with Gasteiger partial charge in [0.15, 0.2) is 0 Å². The van der Waals surface area contributed by atoms with Gasteiger partial charge in [0, 0.05) is 5.92 Å². The molecule has 0 unspecified atom stereocenters. The van der Waals surface area contributed by atoms with Crippen molar-refractivity contribution < 1.29 is 23.9 Å². The number of carbonyl (C=O) groups is 3. The average Bonchev–Trinajstić information content (AvgIpc) is 3.30. The van der Waals surface area contributed by atoms with Gasteiger partial charge in [-0.05, 0) is 31.0 Å². The van der Waals surface area contributed by atoms with Crippen LogP contribution >= 0.6 is 0 Å². The molecule has 0 aromatic heterocycles. The molecular weight excluding hydrogens is 274 g/mol. The van der Waals surface area contributed by atoms with Crippen molar-refractivity contribution >= 4 is 23.3 Å². The molecule has 0 radical (unpaired) electrons. The predicted octanol–water partition coefficient (Wildman–Crippen LogP) is 1.79. The first kappa shape index (κ1) is 15.0. The predicted molar refractivity (Wildman–Crippen MR) is 75.3 cm³/mol. The topological polar surface area (TPSA) is 81.7 Å². The molecule has 21 heavy (non-hydrogen) atoms. The fourth-order valence-electron chi connectivity index (χ4n) is 1.95. The lowest BCUT2D eigenvalue weighted by Gasteiger charge is -2.11. The van der Waals surface area contributed by atoms with Gasteiger partial charge in [0.25, 0.3) is 0 Å². The van der Waals surface area contributed by atoms with Crippen LogP contribution < -0.4 is 10.1 Å². The Morgan fingerprint density at radius 3 is 2.52 bits per heavy atom. The number of nitrogens with one attached hydrogen (secondary N) is 1. The van der Waals surface area contributed by atoms with Crippen molar-refractivity contribution in [1.82, 2.24) is 0 Å². The van der Waals surface area contributed by atoms with Crippen LogP contribution in [0.2, 0.25) is 0 Å². The highest BCUT2D eigenvalue weighted by Crippen LogP contribution is 2.31. The molecule has 6 heteroatoms. The number of amides is 1. The molecule has 0 saturated heterocycles. The molecule has 112 valence electrons. The summed E-state index contributed by atoms with van der Waals surface area (Å²) in [7, 11) is 2.73. The van der Waals surface area contributed by atoms with Crippen LogP contribution in [-0.4, -0.2) is 31.9 Å². The highest BCUT2D eigenvalue weighted by molar-refractivity contribution is 6.06. The van der Waals surface area contributed by atoms with Gasteiger partial charge in [-0.3, -0.25) is 9.59 Å². The largest absolute Gasteiger partial charge is 0.495 e. The molecule has 0 bridgehead atoms. The van der Waals surface area contributed by atoms with Crippen LogP contribution in [0.5, 0.6) is 5.75 Å². The molecule has 2 rings (SSSR count). The van der Waals surface area contributed by atoms with Gasteiger partial charge in [-0.15, -0.1) is 0 Å². The molecule has 0 spiro atoms. The number of esters is 1. The monoisotopic (exact) mass is 291 g/mol. The van der Waals surface area contributed by atoms with Gasteiger partial charge >= 0.3 is 5.97 Å². The Morgan fingerprint density at radius 1 is 1.24 bits per heavy atom. The van der Waals surface area contributed by atoms with Gasteiger partial charge in [0.2, 0.25) is 5.91 Å². The van der Waals surface area contributed by atoms with E-state index in [9.17, 15) is 14.4 Å². The molecule has 1 fully saturated rings. The molecule has 1 N–H and O–H groups in total. The number of ether oxygens (including phenoxy) is 2. The van der Waals surface area contributed by atoms with Gasteiger partial charge in [-0.25, -0.2) is 4.79 Å². The van der Waals surface area contributed by atoms with E-state index in [4.69, 9.17) is 4.74 Å². The van der Waals surface area contributed by atoms with Crippen molar-refractivity contribution in [3.8, 4) is 5.75 Å². The van der Waals surface area contributed by atoms with Crippen molar-refractivity contribution in [2.45, 2.75) is 19.3 Å². The van der Waals surface area contributed by atoms with Crippen LogP contribution in [0.1, 0.15) is 29.6 Å². The van der Waals surface area contributed by atoms with E-state index in [1.54, 1.807) is 6.07 Å². The molecule has 6 nitrogen and oxygen atoms in total. The van der Waals surface area contributed by atoms with E-state index in [1.165, 1.54) is 26.4 Å². The lowest BCUT2D eigenvalue weighted by Crippen LogP contribution is -2.18. The standard InChI is InChI=1S/C15H17NO5/c1-20-13-6-5-10(15(19)21-2)7-11(13)16-14(18)8-12(17)9-3-4-9/h5-7,9H,3-4,8H2,1-2H3,(H,16,18). The van der Waals surface area contributed by atoms with Crippen LogP contribution in [0.3, 0.4) is 0 Å². The van der Waals surface area contributed by atoms with Gasteiger partial charge in [0.05, 0.1) is 31.9 Å². The van der Waals surface area contributed by atoms with Crippen molar-refractivity contribution in [3.05, 3.63) is 23.8 Å². The summed E-state index contributed by atoms with van der Waals surface area (Å²) in [5.41, 5.74) is 0.635. The van der Waals surface area contributed by atoms with Crippen molar-refractivity contribution in [2.75, 3.05) is 19.5 Å². The summed E-state index contributed by atoms with van der Waals surface area (Å²) < 4.78 is 9.76. The Balaban J connectivity index is 2.10. The van der Waals surface area contributed by atoms with Crippen LogP contribution in [0, 0.1) is 5.92 Å². The minimum Gasteiger partial charge on any atom is -0.495 e. The zero-order chi connectivity index (χ0) is 15.4. The summed E-state index contributed by atoms with van der Waals surface area (Å²) >= 11 is 0. The number of ketones is 1. The number of hydrogen-bond acceptors (Lipinski definition) is 5. The van der Waals surface area contributed by atoms with Crippen LogP contribution in [0.4, 0.5) is 5.69 Å². The van der Waals surface area contributed by atoms with Crippen molar-refractivity contribution in [1.29, 1.82) is 0 Å². The maximum absolute atomic E-state index is 11.9. The van der Waals surface area contributed by atoms with E-state index in [1.807, 2.05) is 0 Å². The van der Waals surface area contributed by atoms with E-state index in [-0.39, 0.29) is 18.1 Å². The Morgan fingerprint density at radius 2 is 1.95 bits per heavy atom. The first-order valence-corrected chi connectivity index (χ1v) is 6.64. The molecular formula is C15H17NO5. The van der Waals surface area contributed by atoms with Crippen LogP contribution in [0.25, 0.3) is 0 Å². The fourth-order valence-corrected chi connectivity index (χ4v) is 1.95. The molecule has 1 aliphatic rings. The van der Waals surface area contributed by atoms with Gasteiger partial charge in [-0.2, -0.15) is 0 Å². The third-order valence-corrected chi connectivity index (χ3v) is 3.26. The van der Waals surface area contributed by atoms with E-state index in [0.717, 1.165) is 12.8 Å². The summed E-state index contributed by atoms with van der Waals surface area (Å²) in [6.07, 6.45) is 1.58. The molecule has 1 amide bonds. The zero-order valence-corrected chi connectivity index (χ0v) is 12.0. The number of rotatable bonds is 6. The zero-order valence-electron chi connectivity index (χ0n) is 12.0. The number of methoxy groups -OCH3 is 2. The third-order valence-electron chi connectivity index (χ3n) is 3.26. The van der Waals surface area contributed by atoms with E-state index < -0.39 is 11.9 Å². The summed E-state index contributed by atoms with van der Waals surface area (Å²) in [5, 5.41) is 2.60. The average molecular weight is 291 g/mol. The van der Waals surface area contributed by atoms with Crippen LogP contribution in [-0.2, 0) is 14.3 Å². The molecule has 1 aromatic rings. The lowest BCUT2D eigenvalue weighted by atomic mass is 10.1. The molecule has 0 heterocycles. The Kier molecular flexibility index (Phi) is 4.57. The maximum atomic E-state index is 11.9. The summed E-state index contributed by atoms with van der Waals surface area (Å²) in [5.74, 6) is -0.515. The first-order chi connectivity index (χ1) is 10.0. The van der Waals surface area contributed by atoms with Crippen molar-refractivity contribution in [3.63, 3.8) is 0 Å². The van der Waals surface area contributed by atoms with Gasteiger partial charge in [-0.1, -0.05) is 0 Å². The van der Waals surface area contributed by atoms with E-state index in [2.05, 4.69) is 10.1 Å². The second-order valence-corrected chi connectivity index (χ2v) is 4.87. The normalized spacial score (nSPS) is 13.4. The highest BCUT2D eigenvalue weighted by atomic mass is 16.5. The minimum atomic E-state index is -0.512. The third kappa shape index (κ3) is 3.81. The van der Waals surface area contributed by atoms with Gasteiger partial charge in [0.1, 0.15) is 11.5 Å². The Labute approximate surface area is 122 Å². The number of anilines is 1. The first-order valence-electron chi connectivity index (χ1n) is 6.64. The van der Waals surface area contributed by atoms with Crippen LogP contribution in [0.15, 0.2) is 18.2 Å². The molecule has 1 aromatic carbocycles. The lowest BCUT2D eigenvalue weighted by molar-refractivity contribution is -0.126. The molecule has 0 atom stereocenters. The van der Waals surface area contributed by atoms with E-state index >= 15 is 0 Å². The smallest absolute Gasteiger partial charge is 0.337 e. The summed E-state index contributed by atoms with van der Waals surface area (Å²) in [6.45, 7) is 0. The second-order valence-electron chi connectivity index (χ2n) is 4.87. The quantitative estimate of drug-likeness (QED) is 0.638. The van der Waals surface area contributed by atoms with Gasteiger partial charge < -0.3 is 14.8 Å². The Bertz CT molecular complexity index is 577. The second kappa shape index (κ2) is 6.39. The molecule has 0 aliphatic heterocycles. The fraction of sp³-hybridized carbons (Fsp3) is 0.400. The summed E-state index contributed by atoms with van der Waals surface area (Å²) in [6, 6.07) is 4.56. The molecule has 1 aliphatic carbocycles. The van der Waals surface area contributed by atoms with Crippen molar-refractivity contribution in [2.24, 2.45) is 5.92 Å². The Hall–Kier alpha value is -2.37. The van der Waals surface area contributed by atoms with E-state index in [0.29, 0.717) is 17.0 Å². The SMILES string of the molecule is COC(=O)c1ccc(OC)c(NC(=O)CC(=O)C2CC2)c1. The maximum Gasteiger partial charge on any atom is 0.337 e. The number of Topliss-reactive ketones (excluding diaryl/α,β-unsaturated/α-hetero) is 1. The minimum absolute atomic E-state index is 0.0408. The number of benzene rings is 1. The molecule has 1 saturated carbocycles. The number of hydrogen-bond donors (Lipinski definition) is 1. The summed E-state index contributed by atoms with van der Waals surface area (Å²) in [4.78, 5) is 35.0. The number of carbonyl (C=O) groups excluding carboxylic acids is 3. The highest BCUT2D eigenvalue weighted by Gasteiger charge is 2.30.